The molecule has 1 saturated heterocycles. The zero-order chi connectivity index (χ0) is 24.5. The number of hydrogen-bond donors (Lipinski definition) is 0. The van der Waals surface area contributed by atoms with Gasteiger partial charge in [-0.2, -0.15) is 9.30 Å². The van der Waals surface area contributed by atoms with Crippen LogP contribution in [0.5, 0.6) is 0 Å². The molecule has 1 aromatic heterocycles. The summed E-state index contributed by atoms with van der Waals surface area (Å²) in [6.45, 7) is 4.25. The molecule has 2 heterocycles. The molecule has 8 nitrogen and oxygen atoms in total. The largest absolute Gasteiger partial charge is 0.468 e. The quantitative estimate of drug-likeness (QED) is 0.501. The maximum Gasteiger partial charge on any atom is 0.325 e. The Bertz CT molecular complexity index is 1400. The van der Waals surface area contributed by atoms with E-state index >= 15 is 0 Å². The third-order valence-electron chi connectivity index (χ3n) is 5.95. The standard InChI is InChI=1S/C24H27N3O5S2/c1-16-6-9-19(10-7-16)34(30,31)26-12-4-5-18(14-26)23(29)25-24-27(15-22(28)32-3)20-11-8-17(2)13-21(20)33-24/h6-11,13,18H,4-5,12,14-15H2,1-3H3. The van der Waals surface area contributed by atoms with Crippen molar-refractivity contribution in [2.75, 3.05) is 20.2 Å². The summed E-state index contributed by atoms with van der Waals surface area (Å²) in [6.07, 6.45) is 1.13. The molecule has 1 atom stereocenters. The van der Waals surface area contributed by atoms with E-state index in [0.717, 1.165) is 21.3 Å². The molecule has 0 aliphatic carbocycles. The van der Waals surface area contributed by atoms with Crippen LogP contribution in [0.4, 0.5) is 0 Å². The van der Waals surface area contributed by atoms with Crippen molar-refractivity contribution in [3.05, 3.63) is 58.4 Å². The highest BCUT2D eigenvalue weighted by molar-refractivity contribution is 7.89. The number of nitrogens with zero attached hydrogens (tertiary/aromatic N) is 3. The van der Waals surface area contributed by atoms with Gasteiger partial charge in [-0.3, -0.25) is 9.59 Å². The number of amides is 1. The first-order valence-corrected chi connectivity index (χ1v) is 13.3. The van der Waals surface area contributed by atoms with E-state index in [-0.39, 0.29) is 23.9 Å². The predicted octanol–water partition coefficient (Wildman–Crippen LogP) is 3.02. The molecule has 34 heavy (non-hydrogen) atoms. The highest BCUT2D eigenvalue weighted by atomic mass is 32.2. The molecule has 0 saturated carbocycles. The SMILES string of the molecule is COC(=O)Cn1c(=NC(=O)C2CCCN(S(=O)(=O)c3ccc(C)cc3)C2)sc2cc(C)ccc21. The van der Waals surface area contributed by atoms with Crippen molar-refractivity contribution in [1.82, 2.24) is 8.87 Å². The first-order valence-electron chi connectivity index (χ1n) is 11.0. The van der Waals surface area contributed by atoms with E-state index in [9.17, 15) is 18.0 Å². The third-order valence-corrected chi connectivity index (χ3v) is 8.87. The molecule has 1 unspecified atom stereocenters. The third kappa shape index (κ3) is 4.98. The number of carbonyl (C=O) groups excluding carboxylic acids is 2. The Balaban J connectivity index is 1.64. The van der Waals surface area contributed by atoms with Crippen LogP contribution in [0.2, 0.25) is 0 Å². The first kappa shape index (κ1) is 24.3. The van der Waals surface area contributed by atoms with E-state index in [2.05, 4.69) is 4.99 Å². The van der Waals surface area contributed by atoms with Gasteiger partial charge >= 0.3 is 5.97 Å². The first-order chi connectivity index (χ1) is 16.2. The average Bonchev–Trinajstić information content (AvgIpc) is 3.14. The number of fused-ring (bicyclic) bond motifs is 1. The van der Waals surface area contributed by atoms with Crippen LogP contribution in [0.3, 0.4) is 0 Å². The minimum Gasteiger partial charge on any atom is -0.468 e. The fourth-order valence-corrected chi connectivity index (χ4v) is 6.68. The number of rotatable bonds is 5. The zero-order valence-corrected chi connectivity index (χ0v) is 21.0. The molecule has 180 valence electrons. The lowest BCUT2D eigenvalue weighted by Gasteiger charge is -2.30. The molecule has 0 radical (unpaired) electrons. The highest BCUT2D eigenvalue weighted by Crippen LogP contribution is 2.25. The second-order valence-electron chi connectivity index (χ2n) is 8.48. The Hall–Kier alpha value is -2.82. The Morgan fingerprint density at radius 3 is 2.53 bits per heavy atom. The van der Waals surface area contributed by atoms with Crippen LogP contribution < -0.4 is 4.80 Å². The molecule has 2 aromatic carbocycles. The van der Waals surface area contributed by atoms with Gasteiger partial charge in [-0.05, 0) is 56.5 Å². The number of aromatic nitrogens is 1. The monoisotopic (exact) mass is 501 g/mol. The van der Waals surface area contributed by atoms with Gasteiger partial charge in [0.05, 0.1) is 28.1 Å². The second-order valence-corrected chi connectivity index (χ2v) is 11.4. The van der Waals surface area contributed by atoms with E-state index in [1.54, 1.807) is 28.8 Å². The molecule has 10 heteroatoms. The van der Waals surface area contributed by atoms with Gasteiger partial charge in [0.15, 0.2) is 4.80 Å². The van der Waals surface area contributed by atoms with Crippen LogP contribution in [0.25, 0.3) is 10.2 Å². The molecule has 0 spiro atoms. The number of ether oxygens (including phenoxy) is 1. The number of sulfonamides is 1. The normalized spacial score (nSPS) is 17.7. The molecule has 0 bridgehead atoms. The average molecular weight is 502 g/mol. The van der Waals surface area contributed by atoms with E-state index in [0.29, 0.717) is 24.2 Å². The van der Waals surface area contributed by atoms with Gasteiger partial charge in [-0.15, -0.1) is 0 Å². The van der Waals surface area contributed by atoms with Crippen LogP contribution >= 0.6 is 11.3 Å². The van der Waals surface area contributed by atoms with Gasteiger partial charge in [0.1, 0.15) is 6.54 Å². The molecule has 3 aromatic rings. The Kier molecular flexibility index (Phi) is 7.01. The van der Waals surface area contributed by atoms with Gasteiger partial charge in [0, 0.05) is 13.1 Å². The summed E-state index contributed by atoms with van der Waals surface area (Å²) in [5, 5.41) is 0. The minimum atomic E-state index is -3.70. The van der Waals surface area contributed by atoms with Crippen molar-refractivity contribution in [1.29, 1.82) is 0 Å². The maximum atomic E-state index is 13.2. The van der Waals surface area contributed by atoms with Crippen LogP contribution in [0.15, 0.2) is 52.4 Å². The number of methoxy groups -OCH3 is 1. The molecule has 1 aliphatic heterocycles. The van der Waals surface area contributed by atoms with Crippen molar-refractivity contribution >= 4 is 43.5 Å². The van der Waals surface area contributed by atoms with Gasteiger partial charge in [-0.25, -0.2) is 8.42 Å². The summed E-state index contributed by atoms with van der Waals surface area (Å²) in [6, 6.07) is 12.5. The van der Waals surface area contributed by atoms with Crippen molar-refractivity contribution in [3.8, 4) is 0 Å². The Labute approximate surface area is 202 Å². The van der Waals surface area contributed by atoms with E-state index in [1.807, 2.05) is 32.0 Å². The number of hydrogen-bond acceptors (Lipinski definition) is 6. The van der Waals surface area contributed by atoms with E-state index in [1.165, 1.54) is 22.8 Å². The van der Waals surface area contributed by atoms with Crippen LogP contribution in [-0.2, 0) is 30.9 Å². The van der Waals surface area contributed by atoms with E-state index < -0.39 is 21.9 Å². The number of aryl methyl sites for hydroxylation is 2. The fraction of sp³-hybridized carbons (Fsp3) is 0.375. The lowest BCUT2D eigenvalue weighted by molar-refractivity contribution is -0.141. The number of esters is 1. The van der Waals surface area contributed by atoms with Crippen molar-refractivity contribution in [3.63, 3.8) is 0 Å². The molecular formula is C24H27N3O5S2. The lowest BCUT2D eigenvalue weighted by atomic mass is 9.99. The van der Waals surface area contributed by atoms with Crippen LogP contribution in [0, 0.1) is 19.8 Å². The molecular weight excluding hydrogens is 474 g/mol. The summed E-state index contributed by atoms with van der Waals surface area (Å²) in [7, 11) is -2.38. The highest BCUT2D eigenvalue weighted by Gasteiger charge is 2.33. The summed E-state index contributed by atoms with van der Waals surface area (Å²) < 4.78 is 35.0. The lowest BCUT2D eigenvalue weighted by Crippen LogP contribution is -2.42. The van der Waals surface area contributed by atoms with Crippen molar-refractivity contribution in [2.24, 2.45) is 10.9 Å². The summed E-state index contributed by atoms with van der Waals surface area (Å²) in [5.74, 6) is -1.37. The fourth-order valence-electron chi connectivity index (χ4n) is 4.02. The molecule has 1 fully saturated rings. The van der Waals surface area contributed by atoms with Crippen molar-refractivity contribution in [2.45, 2.75) is 38.1 Å². The van der Waals surface area contributed by atoms with Gasteiger partial charge in [-0.1, -0.05) is 35.1 Å². The molecule has 4 rings (SSSR count). The smallest absolute Gasteiger partial charge is 0.325 e. The van der Waals surface area contributed by atoms with Crippen LogP contribution in [-0.4, -0.2) is 49.4 Å². The molecule has 1 aliphatic rings. The van der Waals surface area contributed by atoms with Gasteiger partial charge < -0.3 is 9.30 Å². The summed E-state index contributed by atoms with van der Waals surface area (Å²) in [5.41, 5.74) is 2.82. The maximum absolute atomic E-state index is 13.2. The predicted molar refractivity (Wildman–Crippen MR) is 130 cm³/mol. The number of carbonyl (C=O) groups is 2. The number of piperidine rings is 1. The van der Waals surface area contributed by atoms with Crippen LogP contribution in [0.1, 0.15) is 24.0 Å². The molecule has 0 N–H and O–H groups in total. The second kappa shape index (κ2) is 9.81. The van der Waals surface area contributed by atoms with Gasteiger partial charge in [0.25, 0.3) is 5.91 Å². The minimum absolute atomic E-state index is 0.0652. The van der Waals surface area contributed by atoms with E-state index in [4.69, 9.17) is 4.74 Å². The number of benzene rings is 2. The number of thiazole rings is 1. The topological polar surface area (TPSA) is 98.0 Å². The van der Waals surface area contributed by atoms with Crippen molar-refractivity contribution < 1.29 is 22.7 Å². The Morgan fingerprint density at radius 1 is 1.12 bits per heavy atom. The molecule has 1 amide bonds. The zero-order valence-electron chi connectivity index (χ0n) is 19.4. The van der Waals surface area contributed by atoms with Gasteiger partial charge in [0.2, 0.25) is 10.0 Å². The Morgan fingerprint density at radius 2 is 1.82 bits per heavy atom. The summed E-state index contributed by atoms with van der Waals surface area (Å²) >= 11 is 1.32. The summed E-state index contributed by atoms with van der Waals surface area (Å²) in [4.78, 5) is 30.1.